The van der Waals surface area contributed by atoms with Gasteiger partial charge in [-0.1, -0.05) is 5.21 Å². The summed E-state index contributed by atoms with van der Waals surface area (Å²) in [5.41, 5.74) is 7.45. The molecule has 1 rings (SSSR count). The van der Waals surface area contributed by atoms with Gasteiger partial charge in [-0.05, 0) is 13.5 Å². The molecule has 1 aromatic rings. The number of nitrogens with zero attached hydrogens (tertiary/aromatic N) is 3. The van der Waals surface area contributed by atoms with Gasteiger partial charge in [-0.3, -0.25) is 0 Å². The first-order valence-corrected chi connectivity index (χ1v) is 4.43. The van der Waals surface area contributed by atoms with Gasteiger partial charge in [0, 0.05) is 20.1 Å². The van der Waals surface area contributed by atoms with Crippen LogP contribution in [0.1, 0.15) is 18.3 Å². The molecular weight excluding hydrogens is 168 g/mol. The third kappa shape index (κ3) is 2.26. The second kappa shape index (κ2) is 4.94. The van der Waals surface area contributed by atoms with Crippen molar-refractivity contribution in [2.45, 2.75) is 26.5 Å². The number of rotatable bonds is 5. The Hall–Kier alpha value is -0.940. The lowest BCUT2D eigenvalue weighted by atomic mass is 10.2. The monoisotopic (exact) mass is 184 g/mol. The van der Waals surface area contributed by atoms with E-state index in [1.165, 1.54) is 0 Å². The number of hydrogen-bond acceptors (Lipinski definition) is 4. The van der Waals surface area contributed by atoms with Crippen molar-refractivity contribution in [2.75, 3.05) is 13.7 Å². The van der Waals surface area contributed by atoms with Crippen LogP contribution in [0.15, 0.2) is 0 Å². The van der Waals surface area contributed by atoms with Crippen molar-refractivity contribution in [3.63, 3.8) is 0 Å². The van der Waals surface area contributed by atoms with Gasteiger partial charge < -0.3 is 10.5 Å². The van der Waals surface area contributed by atoms with E-state index in [0.717, 1.165) is 24.4 Å². The Bertz CT molecular complexity index is 259. The van der Waals surface area contributed by atoms with Crippen LogP contribution < -0.4 is 5.73 Å². The number of nitrogens with two attached hydrogens (primary N) is 1. The van der Waals surface area contributed by atoms with Gasteiger partial charge in [0.05, 0.1) is 18.0 Å². The predicted molar refractivity (Wildman–Crippen MR) is 49.2 cm³/mol. The highest BCUT2D eigenvalue weighted by Crippen LogP contribution is 2.06. The molecule has 0 aromatic carbocycles. The highest BCUT2D eigenvalue weighted by Gasteiger charge is 2.10. The Morgan fingerprint density at radius 1 is 1.54 bits per heavy atom. The van der Waals surface area contributed by atoms with Crippen LogP contribution in [-0.2, 0) is 24.3 Å². The fourth-order valence-electron chi connectivity index (χ4n) is 1.25. The number of methoxy groups -OCH3 is 1. The molecule has 0 bridgehead atoms. The fraction of sp³-hybridized carbons (Fsp3) is 0.750. The Balaban J connectivity index is 2.85. The third-order valence-electron chi connectivity index (χ3n) is 1.88. The summed E-state index contributed by atoms with van der Waals surface area (Å²) in [5, 5.41) is 8.05. The topological polar surface area (TPSA) is 66.0 Å². The van der Waals surface area contributed by atoms with E-state index in [2.05, 4.69) is 10.3 Å². The van der Waals surface area contributed by atoms with Gasteiger partial charge in [-0.25, -0.2) is 4.68 Å². The molecule has 5 nitrogen and oxygen atoms in total. The zero-order valence-electron chi connectivity index (χ0n) is 8.16. The third-order valence-corrected chi connectivity index (χ3v) is 1.88. The molecule has 2 N–H and O–H groups in total. The first-order valence-electron chi connectivity index (χ1n) is 4.43. The van der Waals surface area contributed by atoms with Crippen molar-refractivity contribution >= 4 is 0 Å². The van der Waals surface area contributed by atoms with Crippen molar-refractivity contribution in [2.24, 2.45) is 5.73 Å². The molecule has 13 heavy (non-hydrogen) atoms. The minimum Gasteiger partial charge on any atom is -0.378 e. The largest absolute Gasteiger partial charge is 0.378 e. The average Bonchev–Trinajstić information content (AvgIpc) is 2.50. The Morgan fingerprint density at radius 2 is 2.31 bits per heavy atom. The number of ether oxygens (including phenoxy) is 1. The fourth-order valence-corrected chi connectivity index (χ4v) is 1.25. The molecule has 0 aliphatic heterocycles. The average molecular weight is 184 g/mol. The normalized spacial score (nSPS) is 10.7. The van der Waals surface area contributed by atoms with Gasteiger partial charge in [0.25, 0.3) is 0 Å². The molecule has 0 amide bonds. The first kappa shape index (κ1) is 10.1. The van der Waals surface area contributed by atoms with Crippen molar-refractivity contribution < 1.29 is 4.74 Å². The summed E-state index contributed by atoms with van der Waals surface area (Å²) in [5.74, 6) is 0. The Labute approximate surface area is 77.9 Å². The molecule has 0 saturated carbocycles. The lowest BCUT2D eigenvalue weighted by Gasteiger charge is -2.03. The summed E-state index contributed by atoms with van der Waals surface area (Å²) in [4.78, 5) is 0. The van der Waals surface area contributed by atoms with Crippen molar-refractivity contribution in [1.29, 1.82) is 0 Å². The quantitative estimate of drug-likeness (QED) is 0.696. The molecule has 0 fully saturated rings. The molecule has 5 heteroatoms. The summed E-state index contributed by atoms with van der Waals surface area (Å²) >= 11 is 0. The van der Waals surface area contributed by atoms with Crippen LogP contribution in [0.2, 0.25) is 0 Å². The standard InChI is InChI=1S/C8H16N4O/c1-3-12-8(6-13-2)7(4-5-9)10-11-12/h3-6,9H2,1-2H3. The Morgan fingerprint density at radius 3 is 2.85 bits per heavy atom. The molecule has 0 aliphatic rings. The second-order valence-electron chi connectivity index (χ2n) is 2.77. The van der Waals surface area contributed by atoms with Crippen molar-refractivity contribution in [3.05, 3.63) is 11.4 Å². The Kier molecular flexibility index (Phi) is 3.85. The van der Waals surface area contributed by atoms with E-state index in [9.17, 15) is 0 Å². The van der Waals surface area contributed by atoms with Gasteiger partial charge in [-0.2, -0.15) is 0 Å². The molecule has 0 saturated heterocycles. The molecule has 1 aromatic heterocycles. The van der Waals surface area contributed by atoms with Crippen LogP contribution in [0.4, 0.5) is 0 Å². The maximum absolute atomic E-state index is 5.46. The zero-order chi connectivity index (χ0) is 9.68. The summed E-state index contributed by atoms with van der Waals surface area (Å²) in [6.07, 6.45) is 0.763. The van der Waals surface area contributed by atoms with Gasteiger partial charge in [-0.15, -0.1) is 5.10 Å². The maximum atomic E-state index is 5.46. The summed E-state index contributed by atoms with van der Waals surface area (Å²) in [6.45, 7) is 3.99. The van der Waals surface area contributed by atoms with Crippen LogP contribution in [-0.4, -0.2) is 28.6 Å². The van der Waals surface area contributed by atoms with Gasteiger partial charge in [0.1, 0.15) is 0 Å². The number of hydrogen-bond donors (Lipinski definition) is 1. The molecule has 0 unspecified atom stereocenters. The van der Waals surface area contributed by atoms with Crippen LogP contribution in [0.3, 0.4) is 0 Å². The van der Waals surface area contributed by atoms with E-state index in [0.29, 0.717) is 13.2 Å². The zero-order valence-corrected chi connectivity index (χ0v) is 8.16. The minimum absolute atomic E-state index is 0.552. The van der Waals surface area contributed by atoms with E-state index < -0.39 is 0 Å². The molecule has 0 aliphatic carbocycles. The molecular formula is C8H16N4O. The number of aromatic nitrogens is 3. The van der Waals surface area contributed by atoms with Gasteiger partial charge in [0.2, 0.25) is 0 Å². The lowest BCUT2D eigenvalue weighted by molar-refractivity contribution is 0.176. The van der Waals surface area contributed by atoms with E-state index >= 15 is 0 Å². The molecule has 0 spiro atoms. The van der Waals surface area contributed by atoms with E-state index in [4.69, 9.17) is 10.5 Å². The first-order chi connectivity index (χ1) is 6.33. The van der Waals surface area contributed by atoms with Gasteiger partial charge >= 0.3 is 0 Å². The summed E-state index contributed by atoms with van der Waals surface area (Å²) in [7, 11) is 1.67. The lowest BCUT2D eigenvalue weighted by Crippen LogP contribution is -2.08. The van der Waals surface area contributed by atoms with E-state index in [1.807, 2.05) is 11.6 Å². The predicted octanol–water partition coefficient (Wildman–Crippen LogP) is -0.0544. The second-order valence-corrected chi connectivity index (χ2v) is 2.77. The summed E-state index contributed by atoms with van der Waals surface area (Å²) < 4.78 is 6.92. The molecule has 1 heterocycles. The highest BCUT2D eigenvalue weighted by atomic mass is 16.5. The molecule has 0 radical (unpaired) electrons. The van der Waals surface area contributed by atoms with Crippen LogP contribution in [0.25, 0.3) is 0 Å². The van der Waals surface area contributed by atoms with Crippen LogP contribution in [0.5, 0.6) is 0 Å². The molecule has 74 valence electrons. The van der Waals surface area contributed by atoms with E-state index in [1.54, 1.807) is 7.11 Å². The van der Waals surface area contributed by atoms with Crippen molar-refractivity contribution in [3.8, 4) is 0 Å². The summed E-state index contributed by atoms with van der Waals surface area (Å²) in [6, 6.07) is 0. The minimum atomic E-state index is 0.552. The van der Waals surface area contributed by atoms with Gasteiger partial charge in [0.15, 0.2) is 0 Å². The highest BCUT2D eigenvalue weighted by molar-refractivity contribution is 5.09. The molecule has 0 atom stereocenters. The van der Waals surface area contributed by atoms with Crippen molar-refractivity contribution in [1.82, 2.24) is 15.0 Å². The smallest absolute Gasteiger partial charge is 0.0900 e. The van der Waals surface area contributed by atoms with E-state index in [-0.39, 0.29) is 0 Å². The van der Waals surface area contributed by atoms with Crippen LogP contribution in [0, 0.1) is 0 Å². The van der Waals surface area contributed by atoms with Crippen LogP contribution >= 0.6 is 0 Å². The number of aryl methyl sites for hydroxylation is 1. The maximum Gasteiger partial charge on any atom is 0.0900 e. The SMILES string of the molecule is CCn1nnc(CCN)c1COC.